The molecule has 2 heterocycles. The highest BCUT2D eigenvalue weighted by Gasteiger charge is 2.34. The van der Waals surface area contributed by atoms with Gasteiger partial charge in [-0.05, 0) is 48.4 Å². The normalized spacial score (nSPS) is 11.8. The van der Waals surface area contributed by atoms with Crippen molar-refractivity contribution in [3.05, 3.63) is 88.5 Å². The van der Waals surface area contributed by atoms with Crippen LogP contribution in [0.2, 0.25) is 5.02 Å². The molecule has 0 amide bonds. The second kappa shape index (κ2) is 8.74. The lowest BCUT2D eigenvalue weighted by molar-refractivity contribution is -0.137. The molecule has 0 spiro atoms. The average Bonchev–Trinajstić information content (AvgIpc) is 3.14. The molecule has 0 atom stereocenters. The Morgan fingerprint density at radius 2 is 1.88 bits per heavy atom. The number of carbonyl (C=O) groups is 1. The van der Waals surface area contributed by atoms with Crippen LogP contribution in [0.4, 0.5) is 13.2 Å². The number of halogens is 4. The van der Waals surface area contributed by atoms with Crippen LogP contribution in [0, 0.1) is 0 Å². The summed E-state index contributed by atoms with van der Waals surface area (Å²) in [6.45, 7) is 2.04. The molecule has 0 bridgehead atoms. The Morgan fingerprint density at radius 1 is 1.12 bits per heavy atom. The summed E-state index contributed by atoms with van der Waals surface area (Å²) in [5, 5.41) is -0.394. The molecule has 0 fully saturated rings. The summed E-state index contributed by atoms with van der Waals surface area (Å²) < 4.78 is 41.8. The van der Waals surface area contributed by atoms with E-state index in [9.17, 15) is 18.0 Å². The Kier molecular flexibility index (Phi) is 6.02. The quantitative estimate of drug-likeness (QED) is 0.312. The van der Waals surface area contributed by atoms with E-state index in [1.54, 1.807) is 22.9 Å². The summed E-state index contributed by atoms with van der Waals surface area (Å²) in [5.41, 5.74) is 2.04. The Morgan fingerprint density at radius 3 is 2.50 bits per heavy atom. The first-order chi connectivity index (χ1) is 15.3. The van der Waals surface area contributed by atoms with Crippen molar-refractivity contribution in [1.29, 1.82) is 0 Å². The summed E-state index contributed by atoms with van der Waals surface area (Å²) in [6.07, 6.45) is -0.270. The van der Waals surface area contributed by atoms with Crippen LogP contribution >= 0.6 is 11.6 Å². The molecule has 0 N–H and O–H groups in total. The topological polar surface area (TPSA) is 47.8 Å². The number of hydrogen-bond acceptors (Lipinski definition) is 3. The molecule has 8 heteroatoms. The van der Waals surface area contributed by atoms with Crippen molar-refractivity contribution >= 4 is 28.4 Å². The maximum Gasteiger partial charge on any atom is 0.417 e. The van der Waals surface area contributed by atoms with Crippen molar-refractivity contribution in [2.75, 3.05) is 0 Å². The number of ketones is 1. The van der Waals surface area contributed by atoms with Crippen LogP contribution in [0.15, 0.2) is 60.9 Å². The zero-order valence-corrected chi connectivity index (χ0v) is 17.9. The average molecular weight is 458 g/mol. The zero-order valence-electron chi connectivity index (χ0n) is 17.2. The van der Waals surface area contributed by atoms with Crippen molar-refractivity contribution < 1.29 is 18.0 Å². The van der Waals surface area contributed by atoms with Crippen molar-refractivity contribution in [3.8, 4) is 5.69 Å². The second-order valence-electron chi connectivity index (χ2n) is 7.37. The van der Waals surface area contributed by atoms with Crippen LogP contribution in [0.25, 0.3) is 16.7 Å². The standard InChI is InChI=1S/C24H19ClF3N3O/c1-2-15-5-7-17(8-6-15)31-21-13-19(25)18(24(26,27)28)12-20(21)30-23(31)10-9-22(32)16-4-3-11-29-14-16/h3-8,11-14H,2,9-10H2,1H3. The molecule has 0 aliphatic carbocycles. The number of hydrogen-bond donors (Lipinski definition) is 0. The Bertz CT molecular complexity index is 1270. The lowest BCUT2D eigenvalue weighted by Crippen LogP contribution is -2.07. The number of imidazole rings is 1. The number of Topliss-reactive ketones (excluding diaryl/α,β-unsaturated/α-hetero) is 1. The molecule has 0 aliphatic heterocycles. The second-order valence-corrected chi connectivity index (χ2v) is 7.77. The van der Waals surface area contributed by atoms with E-state index in [0.717, 1.165) is 23.7 Å². The minimum atomic E-state index is -4.59. The van der Waals surface area contributed by atoms with Gasteiger partial charge in [-0.3, -0.25) is 14.3 Å². The largest absolute Gasteiger partial charge is 0.417 e. The summed E-state index contributed by atoms with van der Waals surface area (Å²) in [5.74, 6) is 0.365. The molecule has 0 aliphatic rings. The smallest absolute Gasteiger partial charge is 0.296 e. The first kappa shape index (κ1) is 22.0. The number of carbonyl (C=O) groups excluding carboxylic acids is 1. The van der Waals surface area contributed by atoms with E-state index in [-0.39, 0.29) is 24.1 Å². The monoisotopic (exact) mass is 457 g/mol. The molecular weight excluding hydrogens is 439 g/mol. The third-order valence-corrected chi connectivity index (χ3v) is 5.59. The number of alkyl halides is 3. The van der Waals surface area contributed by atoms with Crippen molar-refractivity contribution in [3.63, 3.8) is 0 Å². The SMILES string of the molecule is CCc1ccc(-n2c(CCC(=O)c3cccnc3)nc3cc(C(F)(F)F)c(Cl)cc32)cc1. The molecule has 0 saturated carbocycles. The van der Waals surface area contributed by atoms with Gasteiger partial charge in [0, 0.05) is 36.5 Å². The predicted molar refractivity (Wildman–Crippen MR) is 117 cm³/mol. The minimum Gasteiger partial charge on any atom is -0.296 e. The van der Waals surface area contributed by atoms with Gasteiger partial charge in [0.25, 0.3) is 0 Å². The molecule has 4 rings (SSSR count). The van der Waals surface area contributed by atoms with E-state index in [1.807, 2.05) is 31.2 Å². The molecule has 164 valence electrons. The van der Waals surface area contributed by atoms with E-state index in [1.165, 1.54) is 12.3 Å². The number of benzene rings is 2. The fraction of sp³-hybridized carbons (Fsp3) is 0.208. The minimum absolute atomic E-state index is 0.118. The van der Waals surface area contributed by atoms with E-state index >= 15 is 0 Å². The molecule has 2 aromatic heterocycles. The zero-order chi connectivity index (χ0) is 22.9. The van der Waals surface area contributed by atoms with Crippen molar-refractivity contribution in [1.82, 2.24) is 14.5 Å². The van der Waals surface area contributed by atoms with Gasteiger partial charge in [-0.25, -0.2) is 4.98 Å². The van der Waals surface area contributed by atoms with Gasteiger partial charge in [-0.1, -0.05) is 30.7 Å². The van der Waals surface area contributed by atoms with Gasteiger partial charge in [0.05, 0.1) is 21.6 Å². The maximum absolute atomic E-state index is 13.4. The summed E-state index contributed by atoms with van der Waals surface area (Å²) in [7, 11) is 0. The van der Waals surface area contributed by atoms with E-state index < -0.39 is 16.8 Å². The summed E-state index contributed by atoms with van der Waals surface area (Å²) in [4.78, 5) is 21.0. The van der Waals surface area contributed by atoms with E-state index in [4.69, 9.17) is 11.6 Å². The van der Waals surface area contributed by atoms with Gasteiger partial charge in [-0.2, -0.15) is 13.2 Å². The Labute approximate surface area is 187 Å². The predicted octanol–water partition coefficient (Wildman–Crippen LogP) is 6.47. The summed E-state index contributed by atoms with van der Waals surface area (Å²) in [6, 6.07) is 13.3. The maximum atomic E-state index is 13.4. The van der Waals surface area contributed by atoms with Crippen LogP contribution in [-0.4, -0.2) is 20.3 Å². The summed E-state index contributed by atoms with van der Waals surface area (Å²) >= 11 is 5.99. The first-order valence-corrected chi connectivity index (χ1v) is 10.5. The lowest BCUT2D eigenvalue weighted by Gasteiger charge is -2.12. The Balaban J connectivity index is 1.79. The number of rotatable bonds is 6. The third kappa shape index (κ3) is 4.39. The fourth-order valence-electron chi connectivity index (χ4n) is 3.60. The highest BCUT2D eigenvalue weighted by Crippen LogP contribution is 2.38. The van der Waals surface area contributed by atoms with Crippen LogP contribution in [-0.2, 0) is 19.0 Å². The van der Waals surface area contributed by atoms with E-state index in [0.29, 0.717) is 16.9 Å². The highest BCUT2D eigenvalue weighted by molar-refractivity contribution is 6.32. The van der Waals surface area contributed by atoms with Gasteiger partial charge in [0.15, 0.2) is 5.78 Å². The lowest BCUT2D eigenvalue weighted by atomic mass is 10.1. The van der Waals surface area contributed by atoms with Crippen molar-refractivity contribution in [2.45, 2.75) is 32.4 Å². The van der Waals surface area contributed by atoms with Gasteiger partial charge >= 0.3 is 6.18 Å². The van der Waals surface area contributed by atoms with E-state index in [2.05, 4.69) is 9.97 Å². The van der Waals surface area contributed by atoms with Crippen LogP contribution < -0.4 is 0 Å². The molecule has 0 radical (unpaired) electrons. The highest BCUT2D eigenvalue weighted by atomic mass is 35.5. The van der Waals surface area contributed by atoms with Crippen LogP contribution in [0.3, 0.4) is 0 Å². The number of aromatic nitrogens is 3. The first-order valence-electron chi connectivity index (χ1n) is 10.1. The molecule has 4 aromatic rings. The molecule has 0 saturated heterocycles. The van der Waals surface area contributed by atoms with Crippen LogP contribution in [0.5, 0.6) is 0 Å². The molecular formula is C24H19ClF3N3O. The molecule has 2 aromatic carbocycles. The molecule has 4 nitrogen and oxygen atoms in total. The Hall–Kier alpha value is -3.19. The fourth-order valence-corrected chi connectivity index (χ4v) is 3.86. The molecule has 0 unspecified atom stereocenters. The third-order valence-electron chi connectivity index (χ3n) is 5.28. The van der Waals surface area contributed by atoms with Gasteiger partial charge in [0.2, 0.25) is 0 Å². The molecule has 32 heavy (non-hydrogen) atoms. The number of pyridine rings is 1. The van der Waals surface area contributed by atoms with Gasteiger partial charge < -0.3 is 0 Å². The van der Waals surface area contributed by atoms with Crippen LogP contribution in [0.1, 0.15) is 40.7 Å². The van der Waals surface area contributed by atoms with Crippen molar-refractivity contribution in [2.24, 2.45) is 0 Å². The number of nitrogens with zero attached hydrogens (tertiary/aromatic N) is 3. The van der Waals surface area contributed by atoms with Gasteiger partial charge in [0.1, 0.15) is 5.82 Å². The van der Waals surface area contributed by atoms with Gasteiger partial charge in [-0.15, -0.1) is 0 Å². The number of fused-ring (bicyclic) bond motifs is 1. The number of aryl methyl sites for hydroxylation is 2.